The first-order valence-electron chi connectivity index (χ1n) is 8.08. The van der Waals surface area contributed by atoms with Crippen molar-refractivity contribution in [2.24, 2.45) is 17.8 Å². The zero-order valence-corrected chi connectivity index (χ0v) is 12.1. The Morgan fingerprint density at radius 1 is 1.15 bits per heavy atom. The van der Waals surface area contributed by atoms with Crippen LogP contribution in [0.25, 0.3) is 0 Å². The zero-order chi connectivity index (χ0) is 13.9. The van der Waals surface area contributed by atoms with Gasteiger partial charge < -0.3 is 15.7 Å². The predicted molar refractivity (Wildman–Crippen MR) is 78.1 cm³/mol. The van der Waals surface area contributed by atoms with Crippen molar-refractivity contribution in [3.8, 4) is 0 Å². The fraction of sp³-hybridized carbons (Fsp3) is 0.812. The second kappa shape index (κ2) is 6.27. The van der Waals surface area contributed by atoms with E-state index in [1.165, 1.54) is 0 Å². The average Bonchev–Trinajstić information content (AvgIpc) is 2.97. The molecule has 3 aliphatic rings. The van der Waals surface area contributed by atoms with Gasteiger partial charge in [0.05, 0.1) is 6.10 Å². The van der Waals surface area contributed by atoms with E-state index >= 15 is 0 Å². The molecule has 3 rings (SSSR count). The lowest BCUT2D eigenvalue weighted by molar-refractivity contribution is -0.127. The molecule has 1 amide bonds. The van der Waals surface area contributed by atoms with Gasteiger partial charge in [0.25, 0.3) is 0 Å². The predicted octanol–water partition coefficient (Wildman–Crippen LogP) is 1.21. The standard InChI is InChI=1S/C16H26N2O2/c19-14-9-13(10-14)15(11-5-7-17-8-6-11)18-16(20)12-3-1-2-4-12/h1-2,11-15,17,19H,3-10H2,(H,18,20)/t13?,14?,15-/m0/s1. The molecule has 1 atom stereocenters. The fourth-order valence-corrected chi connectivity index (χ4v) is 3.86. The van der Waals surface area contributed by atoms with Crippen molar-refractivity contribution in [2.45, 2.75) is 50.7 Å². The first kappa shape index (κ1) is 14.1. The topological polar surface area (TPSA) is 61.4 Å². The summed E-state index contributed by atoms with van der Waals surface area (Å²) in [4.78, 5) is 12.4. The zero-order valence-electron chi connectivity index (χ0n) is 12.1. The van der Waals surface area contributed by atoms with E-state index in [0.29, 0.717) is 11.8 Å². The third-order valence-electron chi connectivity index (χ3n) is 5.24. The van der Waals surface area contributed by atoms with Crippen LogP contribution in [0.2, 0.25) is 0 Å². The number of rotatable bonds is 4. The van der Waals surface area contributed by atoms with Gasteiger partial charge in [0, 0.05) is 12.0 Å². The Balaban J connectivity index is 1.60. The second-order valence-corrected chi connectivity index (χ2v) is 6.65. The molecule has 2 aliphatic carbocycles. The number of nitrogens with one attached hydrogen (secondary N) is 2. The summed E-state index contributed by atoms with van der Waals surface area (Å²) in [6.45, 7) is 2.11. The molecule has 0 spiro atoms. The van der Waals surface area contributed by atoms with Crippen molar-refractivity contribution in [1.82, 2.24) is 10.6 Å². The molecule has 0 aromatic heterocycles. The summed E-state index contributed by atoms with van der Waals surface area (Å²) >= 11 is 0. The lowest BCUT2D eigenvalue weighted by Gasteiger charge is -2.43. The molecule has 0 bridgehead atoms. The van der Waals surface area contributed by atoms with Crippen LogP contribution in [0.4, 0.5) is 0 Å². The van der Waals surface area contributed by atoms with Crippen molar-refractivity contribution < 1.29 is 9.90 Å². The van der Waals surface area contributed by atoms with Crippen LogP contribution in [0.1, 0.15) is 38.5 Å². The molecule has 0 unspecified atom stereocenters. The highest BCUT2D eigenvalue weighted by Gasteiger charge is 2.39. The van der Waals surface area contributed by atoms with Gasteiger partial charge in [-0.15, -0.1) is 0 Å². The Labute approximate surface area is 121 Å². The van der Waals surface area contributed by atoms with E-state index in [4.69, 9.17) is 0 Å². The highest BCUT2D eigenvalue weighted by atomic mass is 16.3. The van der Waals surface area contributed by atoms with Crippen molar-refractivity contribution in [2.75, 3.05) is 13.1 Å². The molecule has 20 heavy (non-hydrogen) atoms. The maximum absolute atomic E-state index is 12.4. The van der Waals surface area contributed by atoms with Gasteiger partial charge in [-0.05, 0) is 63.5 Å². The number of allylic oxidation sites excluding steroid dienone is 2. The molecule has 4 heteroatoms. The molecule has 1 aliphatic heterocycles. The number of aliphatic hydroxyl groups excluding tert-OH is 1. The molecule has 3 N–H and O–H groups in total. The van der Waals surface area contributed by atoms with Crippen molar-refractivity contribution >= 4 is 5.91 Å². The molecule has 1 saturated heterocycles. The summed E-state index contributed by atoms with van der Waals surface area (Å²) in [5.41, 5.74) is 0. The van der Waals surface area contributed by atoms with Crippen LogP contribution in [0.3, 0.4) is 0 Å². The number of carbonyl (C=O) groups is 1. The van der Waals surface area contributed by atoms with E-state index in [9.17, 15) is 9.90 Å². The second-order valence-electron chi connectivity index (χ2n) is 6.65. The fourth-order valence-electron chi connectivity index (χ4n) is 3.86. The summed E-state index contributed by atoms with van der Waals surface area (Å²) < 4.78 is 0. The van der Waals surface area contributed by atoms with Gasteiger partial charge >= 0.3 is 0 Å². The van der Waals surface area contributed by atoms with E-state index in [0.717, 1.165) is 51.6 Å². The minimum absolute atomic E-state index is 0.143. The lowest BCUT2D eigenvalue weighted by Crippen LogP contribution is -2.53. The van der Waals surface area contributed by atoms with Gasteiger partial charge in [0.15, 0.2) is 0 Å². The van der Waals surface area contributed by atoms with Gasteiger partial charge in [-0.25, -0.2) is 0 Å². The molecule has 0 aromatic rings. The molecular formula is C16H26N2O2. The molecule has 112 valence electrons. The Bertz CT molecular complexity index is 363. The number of carbonyl (C=O) groups excluding carboxylic acids is 1. The Morgan fingerprint density at radius 2 is 1.80 bits per heavy atom. The SMILES string of the molecule is O=C(N[C@@H](C1CCNCC1)C1CC(O)C1)C1CC=CC1. The first-order chi connectivity index (χ1) is 9.74. The van der Waals surface area contributed by atoms with Crippen LogP contribution in [-0.2, 0) is 4.79 Å². The van der Waals surface area contributed by atoms with Gasteiger partial charge in [0.2, 0.25) is 5.91 Å². The normalized spacial score (nSPS) is 32.9. The van der Waals surface area contributed by atoms with Crippen LogP contribution >= 0.6 is 0 Å². The van der Waals surface area contributed by atoms with E-state index in [1.807, 2.05) is 0 Å². The van der Waals surface area contributed by atoms with Crippen molar-refractivity contribution in [3.05, 3.63) is 12.2 Å². The van der Waals surface area contributed by atoms with E-state index in [-0.39, 0.29) is 24.0 Å². The number of hydrogen-bond donors (Lipinski definition) is 3. The van der Waals surface area contributed by atoms with Crippen LogP contribution in [0.15, 0.2) is 12.2 Å². The number of amides is 1. The third kappa shape index (κ3) is 3.07. The smallest absolute Gasteiger partial charge is 0.223 e. The van der Waals surface area contributed by atoms with Crippen LogP contribution in [0.5, 0.6) is 0 Å². The quantitative estimate of drug-likeness (QED) is 0.677. The van der Waals surface area contributed by atoms with E-state index < -0.39 is 0 Å². The number of aliphatic hydroxyl groups is 1. The maximum atomic E-state index is 12.4. The van der Waals surface area contributed by atoms with Crippen LogP contribution in [0, 0.1) is 17.8 Å². The number of hydrogen-bond acceptors (Lipinski definition) is 3. The summed E-state index contributed by atoms with van der Waals surface area (Å²) in [6, 6.07) is 0.272. The summed E-state index contributed by atoms with van der Waals surface area (Å²) in [6.07, 6.45) is 9.84. The minimum Gasteiger partial charge on any atom is -0.393 e. The van der Waals surface area contributed by atoms with E-state index in [2.05, 4.69) is 22.8 Å². The molecule has 1 saturated carbocycles. The van der Waals surface area contributed by atoms with Gasteiger partial charge in [-0.1, -0.05) is 12.2 Å². The Hall–Kier alpha value is -0.870. The first-order valence-corrected chi connectivity index (χ1v) is 8.08. The summed E-state index contributed by atoms with van der Waals surface area (Å²) in [5.74, 6) is 1.42. The Morgan fingerprint density at radius 3 is 2.40 bits per heavy atom. The highest BCUT2D eigenvalue weighted by molar-refractivity contribution is 5.79. The summed E-state index contributed by atoms with van der Waals surface area (Å²) in [5, 5.41) is 16.3. The van der Waals surface area contributed by atoms with Crippen molar-refractivity contribution in [1.29, 1.82) is 0 Å². The van der Waals surface area contributed by atoms with Crippen molar-refractivity contribution in [3.63, 3.8) is 0 Å². The van der Waals surface area contributed by atoms with Gasteiger partial charge in [-0.2, -0.15) is 0 Å². The minimum atomic E-state index is -0.144. The highest BCUT2D eigenvalue weighted by Crippen LogP contribution is 2.36. The molecular weight excluding hydrogens is 252 g/mol. The number of piperidine rings is 1. The Kier molecular flexibility index (Phi) is 4.41. The van der Waals surface area contributed by atoms with Gasteiger partial charge in [-0.3, -0.25) is 4.79 Å². The monoisotopic (exact) mass is 278 g/mol. The molecule has 0 radical (unpaired) electrons. The van der Waals surface area contributed by atoms with E-state index in [1.54, 1.807) is 0 Å². The lowest BCUT2D eigenvalue weighted by atomic mass is 9.71. The maximum Gasteiger partial charge on any atom is 0.223 e. The van der Waals surface area contributed by atoms with Gasteiger partial charge in [0.1, 0.15) is 0 Å². The molecule has 2 fully saturated rings. The van der Waals surface area contributed by atoms with Crippen LogP contribution in [-0.4, -0.2) is 36.2 Å². The molecule has 4 nitrogen and oxygen atoms in total. The van der Waals surface area contributed by atoms with Crippen LogP contribution < -0.4 is 10.6 Å². The largest absolute Gasteiger partial charge is 0.393 e. The average molecular weight is 278 g/mol. The third-order valence-corrected chi connectivity index (χ3v) is 5.24. The molecule has 0 aromatic carbocycles. The summed E-state index contributed by atoms with van der Waals surface area (Å²) in [7, 11) is 0. The molecule has 1 heterocycles.